The molecule has 5 heteroatoms. The fraction of sp³-hybridized carbons (Fsp3) is 0.680. The summed E-state index contributed by atoms with van der Waals surface area (Å²) in [6.45, 7) is 0.254. The van der Waals surface area contributed by atoms with Crippen molar-refractivity contribution in [2.75, 3.05) is 6.54 Å². The van der Waals surface area contributed by atoms with Crippen molar-refractivity contribution in [1.29, 1.82) is 0 Å². The van der Waals surface area contributed by atoms with Gasteiger partial charge < -0.3 is 9.80 Å². The van der Waals surface area contributed by atoms with Crippen molar-refractivity contribution in [2.45, 2.75) is 102 Å². The van der Waals surface area contributed by atoms with Gasteiger partial charge in [0.2, 0.25) is 5.91 Å². The van der Waals surface area contributed by atoms with Gasteiger partial charge in [0.05, 0.1) is 0 Å². The standard InChI is InChI=1S/C25H35ClN2O2/c26-20-16-14-19(15-17-20)24-25(30)27(21-10-6-4-5-7-11-21)18-23(29)28(24)22-12-8-2-1-3-9-13-22/h14-17,21-22,24H,1-13,18H2/t24-/m0/s1. The van der Waals surface area contributed by atoms with Crippen LogP contribution in [0, 0.1) is 0 Å². The summed E-state index contributed by atoms with van der Waals surface area (Å²) < 4.78 is 0. The second kappa shape index (κ2) is 10.2. The van der Waals surface area contributed by atoms with Crippen molar-refractivity contribution >= 4 is 23.4 Å². The lowest BCUT2D eigenvalue weighted by Crippen LogP contribution is -2.60. The zero-order valence-electron chi connectivity index (χ0n) is 18.0. The van der Waals surface area contributed by atoms with Crippen LogP contribution in [0.2, 0.25) is 5.02 Å². The second-order valence-corrected chi connectivity index (χ2v) is 9.80. The molecule has 1 aliphatic heterocycles. The number of nitrogens with zero attached hydrogens (tertiary/aromatic N) is 2. The molecule has 0 bridgehead atoms. The molecule has 164 valence electrons. The summed E-state index contributed by atoms with van der Waals surface area (Å²) in [7, 11) is 0. The largest absolute Gasteiger partial charge is 0.328 e. The third kappa shape index (κ3) is 4.85. The van der Waals surface area contributed by atoms with Crippen LogP contribution in [-0.4, -0.2) is 40.2 Å². The number of amides is 2. The smallest absolute Gasteiger partial charge is 0.250 e. The van der Waals surface area contributed by atoms with Crippen LogP contribution in [0.3, 0.4) is 0 Å². The number of hydrogen-bond acceptors (Lipinski definition) is 2. The highest BCUT2D eigenvalue weighted by atomic mass is 35.5. The van der Waals surface area contributed by atoms with Crippen molar-refractivity contribution in [3.8, 4) is 0 Å². The van der Waals surface area contributed by atoms with Gasteiger partial charge in [0.1, 0.15) is 12.6 Å². The first-order valence-electron chi connectivity index (χ1n) is 12.0. The monoisotopic (exact) mass is 430 g/mol. The molecule has 0 radical (unpaired) electrons. The van der Waals surface area contributed by atoms with Crippen LogP contribution >= 0.6 is 11.6 Å². The van der Waals surface area contributed by atoms with Crippen molar-refractivity contribution < 1.29 is 9.59 Å². The molecule has 0 unspecified atom stereocenters. The van der Waals surface area contributed by atoms with E-state index in [0.29, 0.717) is 5.02 Å². The first kappa shape index (κ1) is 21.7. The maximum atomic E-state index is 13.9. The average Bonchev–Trinajstić information content (AvgIpc) is 3.00. The van der Waals surface area contributed by atoms with E-state index in [4.69, 9.17) is 11.6 Å². The lowest BCUT2D eigenvalue weighted by atomic mass is 9.90. The van der Waals surface area contributed by atoms with E-state index < -0.39 is 6.04 Å². The van der Waals surface area contributed by atoms with Gasteiger partial charge in [0.25, 0.3) is 5.91 Å². The molecule has 0 aromatic heterocycles. The van der Waals surface area contributed by atoms with Crippen molar-refractivity contribution in [3.05, 3.63) is 34.9 Å². The lowest BCUT2D eigenvalue weighted by Gasteiger charge is -2.47. The second-order valence-electron chi connectivity index (χ2n) is 9.37. The molecule has 1 saturated heterocycles. The summed E-state index contributed by atoms with van der Waals surface area (Å²) in [5, 5.41) is 0.659. The highest BCUT2D eigenvalue weighted by Crippen LogP contribution is 2.36. The molecule has 30 heavy (non-hydrogen) atoms. The van der Waals surface area contributed by atoms with E-state index in [9.17, 15) is 9.59 Å². The Morgan fingerprint density at radius 1 is 0.700 bits per heavy atom. The van der Waals surface area contributed by atoms with Crippen LogP contribution in [0.1, 0.15) is 95.1 Å². The Balaban J connectivity index is 1.65. The molecule has 1 aromatic carbocycles. The number of hydrogen-bond donors (Lipinski definition) is 0. The van der Waals surface area contributed by atoms with E-state index in [1.54, 1.807) is 0 Å². The topological polar surface area (TPSA) is 40.6 Å². The highest BCUT2D eigenvalue weighted by Gasteiger charge is 2.45. The lowest BCUT2D eigenvalue weighted by molar-refractivity contribution is -0.162. The molecule has 1 heterocycles. The Morgan fingerprint density at radius 2 is 1.20 bits per heavy atom. The van der Waals surface area contributed by atoms with E-state index in [2.05, 4.69) is 0 Å². The zero-order valence-corrected chi connectivity index (χ0v) is 18.8. The minimum atomic E-state index is -0.504. The third-order valence-corrected chi connectivity index (χ3v) is 7.56. The molecule has 2 saturated carbocycles. The SMILES string of the molecule is O=C1[C@H](c2ccc(Cl)cc2)N(C2CCCCCCC2)C(=O)CN1C1CCCCCC1. The zero-order chi connectivity index (χ0) is 20.9. The summed E-state index contributed by atoms with van der Waals surface area (Å²) in [5.41, 5.74) is 0.901. The van der Waals surface area contributed by atoms with Gasteiger partial charge in [-0.25, -0.2) is 0 Å². The fourth-order valence-corrected chi connectivity index (χ4v) is 5.81. The molecule has 0 N–H and O–H groups in total. The van der Waals surface area contributed by atoms with Crippen molar-refractivity contribution in [1.82, 2.24) is 9.80 Å². The molecular formula is C25H35ClN2O2. The quantitative estimate of drug-likeness (QED) is 0.561. The van der Waals surface area contributed by atoms with E-state index in [1.165, 1.54) is 32.1 Å². The summed E-state index contributed by atoms with van der Waals surface area (Å²) >= 11 is 6.13. The van der Waals surface area contributed by atoms with E-state index in [-0.39, 0.29) is 30.4 Å². The molecule has 2 amide bonds. The van der Waals surface area contributed by atoms with Crippen LogP contribution in [-0.2, 0) is 9.59 Å². The van der Waals surface area contributed by atoms with Gasteiger partial charge in [-0.3, -0.25) is 9.59 Å². The fourth-order valence-electron chi connectivity index (χ4n) is 5.68. The summed E-state index contributed by atoms with van der Waals surface area (Å²) in [6.07, 6.45) is 14.9. The third-order valence-electron chi connectivity index (χ3n) is 7.31. The van der Waals surface area contributed by atoms with E-state index in [1.807, 2.05) is 34.1 Å². The molecular weight excluding hydrogens is 396 g/mol. The van der Waals surface area contributed by atoms with Gasteiger partial charge in [0, 0.05) is 17.1 Å². The summed E-state index contributed by atoms with van der Waals surface area (Å²) in [4.78, 5) is 31.3. The molecule has 2 aliphatic carbocycles. The van der Waals surface area contributed by atoms with Gasteiger partial charge in [0.15, 0.2) is 0 Å². The van der Waals surface area contributed by atoms with Crippen LogP contribution in [0.4, 0.5) is 0 Å². The van der Waals surface area contributed by atoms with Gasteiger partial charge in [-0.15, -0.1) is 0 Å². The highest BCUT2D eigenvalue weighted by molar-refractivity contribution is 6.30. The molecule has 4 nitrogen and oxygen atoms in total. The molecule has 3 aliphatic rings. The van der Waals surface area contributed by atoms with E-state index in [0.717, 1.165) is 56.9 Å². The Morgan fingerprint density at radius 3 is 1.77 bits per heavy atom. The molecule has 1 atom stereocenters. The van der Waals surface area contributed by atoms with Crippen LogP contribution in [0.15, 0.2) is 24.3 Å². The van der Waals surface area contributed by atoms with Crippen molar-refractivity contribution in [2.24, 2.45) is 0 Å². The number of rotatable bonds is 3. The molecule has 4 rings (SSSR count). The maximum absolute atomic E-state index is 13.9. The van der Waals surface area contributed by atoms with E-state index >= 15 is 0 Å². The minimum absolute atomic E-state index is 0.117. The predicted molar refractivity (Wildman–Crippen MR) is 120 cm³/mol. The normalized spacial score (nSPS) is 25.7. The van der Waals surface area contributed by atoms with Gasteiger partial charge >= 0.3 is 0 Å². The summed E-state index contributed by atoms with van der Waals surface area (Å²) in [6, 6.07) is 7.42. The number of carbonyl (C=O) groups is 2. The number of benzene rings is 1. The Kier molecular flexibility index (Phi) is 7.35. The predicted octanol–water partition coefficient (Wildman–Crippen LogP) is 5.89. The van der Waals surface area contributed by atoms with Crippen LogP contribution in [0.25, 0.3) is 0 Å². The van der Waals surface area contributed by atoms with Gasteiger partial charge in [-0.1, -0.05) is 81.5 Å². The maximum Gasteiger partial charge on any atom is 0.250 e. The first-order chi connectivity index (χ1) is 14.6. The molecule has 3 fully saturated rings. The number of piperazine rings is 1. The van der Waals surface area contributed by atoms with Crippen molar-refractivity contribution in [3.63, 3.8) is 0 Å². The minimum Gasteiger partial charge on any atom is -0.328 e. The van der Waals surface area contributed by atoms with Gasteiger partial charge in [-0.05, 0) is 43.4 Å². The first-order valence-corrected chi connectivity index (χ1v) is 12.4. The summed E-state index contributed by atoms with van der Waals surface area (Å²) in [5.74, 6) is 0.246. The molecule has 0 spiro atoms. The van der Waals surface area contributed by atoms with Gasteiger partial charge in [-0.2, -0.15) is 0 Å². The Hall–Kier alpha value is -1.55. The number of halogens is 1. The average molecular weight is 431 g/mol. The Bertz CT molecular complexity index is 719. The van der Waals surface area contributed by atoms with Crippen LogP contribution < -0.4 is 0 Å². The van der Waals surface area contributed by atoms with Crippen LogP contribution in [0.5, 0.6) is 0 Å². The molecule has 1 aromatic rings. The number of carbonyl (C=O) groups excluding carboxylic acids is 2. The Labute approximate surface area is 185 Å².